The van der Waals surface area contributed by atoms with Gasteiger partial charge in [0.15, 0.2) is 0 Å². The smallest absolute Gasteiger partial charge is 0.0438 e. The maximum Gasteiger partial charge on any atom is 0.0438 e. The van der Waals surface area contributed by atoms with E-state index in [4.69, 9.17) is 17.3 Å². The molecule has 0 fully saturated rings. The molecule has 1 rings (SSSR count). The van der Waals surface area contributed by atoms with E-state index < -0.39 is 0 Å². The van der Waals surface area contributed by atoms with Crippen LogP contribution in [0.5, 0.6) is 0 Å². The topological polar surface area (TPSA) is 26.0 Å². The highest BCUT2D eigenvalue weighted by molar-refractivity contribution is 6.31. The second-order valence-corrected chi connectivity index (χ2v) is 4.92. The standard InChI is InChI=1S/C13H20ClN/c1-5-13(15,9(2)3)11-7-6-10(4)12(14)8-11/h6-9H,5,15H2,1-4H3. The summed E-state index contributed by atoms with van der Waals surface area (Å²) in [4.78, 5) is 0. The summed E-state index contributed by atoms with van der Waals surface area (Å²) < 4.78 is 0. The molecule has 0 amide bonds. The first-order chi connectivity index (χ1) is 6.91. The van der Waals surface area contributed by atoms with Gasteiger partial charge in [-0.05, 0) is 36.5 Å². The number of halogens is 1. The molecular formula is C13H20ClN. The van der Waals surface area contributed by atoms with Crippen molar-refractivity contribution < 1.29 is 0 Å². The molecule has 0 bridgehead atoms. The lowest BCUT2D eigenvalue weighted by atomic mass is 9.78. The molecule has 1 unspecified atom stereocenters. The summed E-state index contributed by atoms with van der Waals surface area (Å²) in [7, 11) is 0. The molecule has 0 aromatic heterocycles. The Balaban J connectivity index is 3.19. The summed E-state index contributed by atoms with van der Waals surface area (Å²) in [5.74, 6) is 0.404. The van der Waals surface area contributed by atoms with Crippen LogP contribution in [-0.4, -0.2) is 0 Å². The second-order valence-electron chi connectivity index (χ2n) is 4.51. The second kappa shape index (κ2) is 4.54. The van der Waals surface area contributed by atoms with E-state index >= 15 is 0 Å². The molecule has 0 heterocycles. The number of aryl methyl sites for hydroxylation is 1. The number of rotatable bonds is 3. The Morgan fingerprint density at radius 3 is 2.40 bits per heavy atom. The van der Waals surface area contributed by atoms with Gasteiger partial charge in [0.2, 0.25) is 0 Å². The molecule has 2 N–H and O–H groups in total. The molecule has 0 aliphatic carbocycles. The Morgan fingerprint density at radius 1 is 1.40 bits per heavy atom. The van der Waals surface area contributed by atoms with Gasteiger partial charge >= 0.3 is 0 Å². The largest absolute Gasteiger partial charge is 0.321 e. The Labute approximate surface area is 97.6 Å². The maximum absolute atomic E-state index is 6.42. The van der Waals surface area contributed by atoms with Crippen LogP contribution >= 0.6 is 11.6 Å². The van der Waals surface area contributed by atoms with E-state index in [0.717, 1.165) is 22.6 Å². The van der Waals surface area contributed by atoms with Crippen molar-refractivity contribution in [1.29, 1.82) is 0 Å². The van der Waals surface area contributed by atoms with Crippen LogP contribution < -0.4 is 5.73 Å². The predicted molar refractivity (Wildman–Crippen MR) is 67.2 cm³/mol. The van der Waals surface area contributed by atoms with Crippen LogP contribution in [0, 0.1) is 12.8 Å². The highest BCUT2D eigenvalue weighted by Crippen LogP contribution is 2.32. The fraction of sp³-hybridized carbons (Fsp3) is 0.538. The Bertz CT molecular complexity index is 346. The number of benzene rings is 1. The molecule has 0 aliphatic rings. The van der Waals surface area contributed by atoms with Gasteiger partial charge in [0.05, 0.1) is 0 Å². The zero-order valence-electron chi connectivity index (χ0n) is 9.97. The van der Waals surface area contributed by atoms with E-state index in [2.05, 4.69) is 26.8 Å². The lowest BCUT2D eigenvalue weighted by molar-refractivity contribution is 0.306. The fourth-order valence-electron chi connectivity index (χ4n) is 1.83. The van der Waals surface area contributed by atoms with Crippen molar-refractivity contribution in [3.05, 3.63) is 34.3 Å². The van der Waals surface area contributed by atoms with Crippen molar-refractivity contribution in [1.82, 2.24) is 0 Å². The van der Waals surface area contributed by atoms with Gasteiger partial charge in [-0.15, -0.1) is 0 Å². The molecule has 1 aromatic carbocycles. The number of hydrogen-bond donors (Lipinski definition) is 1. The molecule has 0 aliphatic heterocycles. The number of hydrogen-bond acceptors (Lipinski definition) is 1. The third kappa shape index (κ3) is 2.35. The number of nitrogens with two attached hydrogens (primary N) is 1. The molecule has 1 atom stereocenters. The van der Waals surface area contributed by atoms with Crippen molar-refractivity contribution in [2.45, 2.75) is 39.7 Å². The average molecular weight is 226 g/mol. The van der Waals surface area contributed by atoms with Crippen molar-refractivity contribution in [3.8, 4) is 0 Å². The van der Waals surface area contributed by atoms with Gasteiger partial charge in [0, 0.05) is 10.6 Å². The van der Waals surface area contributed by atoms with Crippen molar-refractivity contribution >= 4 is 11.6 Å². The quantitative estimate of drug-likeness (QED) is 0.831. The van der Waals surface area contributed by atoms with Crippen LogP contribution in [0.25, 0.3) is 0 Å². The molecule has 1 aromatic rings. The maximum atomic E-state index is 6.42. The normalized spacial score (nSPS) is 15.4. The minimum Gasteiger partial charge on any atom is -0.321 e. The summed E-state index contributed by atoms with van der Waals surface area (Å²) in [5.41, 5.74) is 8.39. The molecule has 2 heteroatoms. The van der Waals surface area contributed by atoms with Crippen LogP contribution in [-0.2, 0) is 5.54 Å². The summed E-state index contributed by atoms with van der Waals surface area (Å²) in [6.45, 7) is 8.42. The molecule has 0 saturated heterocycles. The molecule has 0 saturated carbocycles. The first-order valence-corrected chi connectivity index (χ1v) is 5.85. The predicted octanol–water partition coefficient (Wildman–Crippen LogP) is 3.87. The minimum atomic E-state index is -0.267. The van der Waals surface area contributed by atoms with Gasteiger partial charge in [0.1, 0.15) is 0 Å². The Kier molecular flexibility index (Phi) is 3.80. The first-order valence-electron chi connectivity index (χ1n) is 5.47. The monoisotopic (exact) mass is 225 g/mol. The summed E-state index contributed by atoms with van der Waals surface area (Å²) in [6.07, 6.45) is 0.921. The minimum absolute atomic E-state index is 0.267. The van der Waals surface area contributed by atoms with E-state index in [9.17, 15) is 0 Å². The molecule has 0 radical (unpaired) electrons. The van der Waals surface area contributed by atoms with E-state index in [-0.39, 0.29) is 5.54 Å². The molecule has 15 heavy (non-hydrogen) atoms. The lowest BCUT2D eigenvalue weighted by Gasteiger charge is -2.33. The van der Waals surface area contributed by atoms with Crippen molar-refractivity contribution in [2.24, 2.45) is 11.7 Å². The Morgan fingerprint density at radius 2 is 2.00 bits per heavy atom. The van der Waals surface area contributed by atoms with Gasteiger partial charge in [-0.25, -0.2) is 0 Å². The van der Waals surface area contributed by atoms with E-state index in [0.29, 0.717) is 5.92 Å². The summed E-state index contributed by atoms with van der Waals surface area (Å²) >= 11 is 6.13. The Hall–Kier alpha value is -0.530. The van der Waals surface area contributed by atoms with E-state index in [1.807, 2.05) is 19.1 Å². The van der Waals surface area contributed by atoms with Gasteiger partial charge in [-0.2, -0.15) is 0 Å². The van der Waals surface area contributed by atoms with Crippen LogP contribution in [0.1, 0.15) is 38.3 Å². The van der Waals surface area contributed by atoms with Crippen LogP contribution in [0.3, 0.4) is 0 Å². The fourth-order valence-corrected chi connectivity index (χ4v) is 2.01. The highest BCUT2D eigenvalue weighted by atomic mass is 35.5. The van der Waals surface area contributed by atoms with Crippen LogP contribution in [0.4, 0.5) is 0 Å². The van der Waals surface area contributed by atoms with E-state index in [1.165, 1.54) is 0 Å². The van der Waals surface area contributed by atoms with E-state index in [1.54, 1.807) is 0 Å². The lowest BCUT2D eigenvalue weighted by Crippen LogP contribution is -2.41. The first kappa shape index (κ1) is 12.5. The van der Waals surface area contributed by atoms with Crippen LogP contribution in [0.15, 0.2) is 18.2 Å². The van der Waals surface area contributed by atoms with Gasteiger partial charge in [-0.1, -0.05) is 44.5 Å². The van der Waals surface area contributed by atoms with Crippen LogP contribution in [0.2, 0.25) is 5.02 Å². The third-order valence-electron chi connectivity index (χ3n) is 3.32. The summed E-state index contributed by atoms with van der Waals surface area (Å²) in [5, 5.41) is 0.802. The zero-order chi connectivity index (χ0) is 11.6. The average Bonchev–Trinajstić information content (AvgIpc) is 2.20. The molecule has 84 valence electrons. The third-order valence-corrected chi connectivity index (χ3v) is 3.73. The van der Waals surface area contributed by atoms with Crippen molar-refractivity contribution in [2.75, 3.05) is 0 Å². The highest BCUT2D eigenvalue weighted by Gasteiger charge is 2.29. The molecular weight excluding hydrogens is 206 g/mol. The molecule has 0 spiro atoms. The van der Waals surface area contributed by atoms with Gasteiger partial charge in [-0.3, -0.25) is 0 Å². The van der Waals surface area contributed by atoms with Gasteiger partial charge < -0.3 is 5.73 Å². The summed E-state index contributed by atoms with van der Waals surface area (Å²) in [6, 6.07) is 6.13. The SMILES string of the molecule is CCC(N)(c1ccc(C)c(Cl)c1)C(C)C. The van der Waals surface area contributed by atoms with Gasteiger partial charge in [0.25, 0.3) is 0 Å². The van der Waals surface area contributed by atoms with Crippen molar-refractivity contribution in [3.63, 3.8) is 0 Å². The zero-order valence-corrected chi connectivity index (χ0v) is 10.7. The molecule has 1 nitrogen and oxygen atoms in total.